The zero-order chi connectivity index (χ0) is 25.7. The molecule has 4 aromatic rings. The van der Waals surface area contributed by atoms with Crippen molar-refractivity contribution < 1.29 is 4.74 Å². The maximum absolute atomic E-state index is 13.0. The molecule has 0 unspecified atom stereocenters. The van der Waals surface area contributed by atoms with E-state index in [1.54, 1.807) is 10.8 Å². The van der Waals surface area contributed by atoms with Gasteiger partial charge in [0.05, 0.1) is 46.5 Å². The summed E-state index contributed by atoms with van der Waals surface area (Å²) in [5, 5.41) is 4.60. The Morgan fingerprint density at radius 3 is 2.59 bits per heavy atom. The van der Waals surface area contributed by atoms with E-state index in [2.05, 4.69) is 53.1 Å². The minimum absolute atomic E-state index is 0.00998. The second-order valence-electron chi connectivity index (χ2n) is 10.8. The Hall–Kier alpha value is -3.39. The Labute approximate surface area is 217 Å². The van der Waals surface area contributed by atoms with Crippen LogP contribution in [0.2, 0.25) is 0 Å². The lowest BCUT2D eigenvalue weighted by Gasteiger charge is -2.39. The number of benzene rings is 1. The number of piperidine rings is 1. The van der Waals surface area contributed by atoms with Gasteiger partial charge in [0, 0.05) is 55.6 Å². The average molecular weight is 501 g/mol. The topological polar surface area (TPSA) is 77.2 Å². The van der Waals surface area contributed by atoms with Crippen molar-refractivity contribution in [1.29, 1.82) is 0 Å². The monoisotopic (exact) mass is 500 g/mol. The summed E-state index contributed by atoms with van der Waals surface area (Å²) >= 11 is 0. The number of aryl methyl sites for hydroxylation is 1. The molecule has 0 spiro atoms. The van der Waals surface area contributed by atoms with Crippen molar-refractivity contribution in [3.05, 3.63) is 47.1 Å². The number of anilines is 1. The van der Waals surface area contributed by atoms with Gasteiger partial charge in [-0.3, -0.25) is 19.0 Å². The molecule has 37 heavy (non-hydrogen) atoms. The summed E-state index contributed by atoms with van der Waals surface area (Å²) in [6, 6.07) is 9.47. The highest BCUT2D eigenvalue weighted by molar-refractivity contribution is 6.13. The number of pyridine rings is 2. The number of likely N-dealkylation sites (tertiary alicyclic amines) is 1. The Balaban J connectivity index is 1.25. The van der Waals surface area contributed by atoms with E-state index in [1.165, 1.54) is 19.3 Å². The number of aromatic nitrogens is 4. The molecule has 0 bridgehead atoms. The summed E-state index contributed by atoms with van der Waals surface area (Å²) in [7, 11) is 1.82. The molecule has 0 saturated carbocycles. The van der Waals surface area contributed by atoms with E-state index in [-0.39, 0.29) is 11.7 Å². The lowest BCUT2D eigenvalue weighted by molar-refractivity contribution is 0.0958. The number of hydrogen-bond donors (Lipinski definition) is 1. The number of rotatable bonds is 6. The first-order valence-corrected chi connectivity index (χ1v) is 13.6. The molecule has 5 heterocycles. The summed E-state index contributed by atoms with van der Waals surface area (Å²) in [5.41, 5.74) is 5.70. The highest BCUT2D eigenvalue weighted by Gasteiger charge is 2.26. The van der Waals surface area contributed by atoms with Crippen LogP contribution < -0.4 is 15.7 Å². The van der Waals surface area contributed by atoms with E-state index in [4.69, 9.17) is 4.74 Å². The number of imidazole rings is 1. The van der Waals surface area contributed by atoms with Crippen LogP contribution in [0.3, 0.4) is 0 Å². The van der Waals surface area contributed by atoms with Crippen LogP contribution in [-0.4, -0.2) is 55.8 Å². The van der Waals surface area contributed by atoms with E-state index in [9.17, 15) is 4.79 Å². The predicted molar refractivity (Wildman–Crippen MR) is 149 cm³/mol. The van der Waals surface area contributed by atoms with Gasteiger partial charge in [-0.1, -0.05) is 12.5 Å². The lowest BCUT2D eigenvalue weighted by Crippen LogP contribution is -2.44. The molecule has 8 nitrogen and oxygen atoms in total. The summed E-state index contributed by atoms with van der Waals surface area (Å²) in [6.45, 7) is 9.14. The third-order valence-electron chi connectivity index (χ3n) is 8.33. The number of nitrogens with one attached hydrogen (secondary N) is 1. The summed E-state index contributed by atoms with van der Waals surface area (Å²) in [5.74, 6) is 0.651. The van der Waals surface area contributed by atoms with Crippen molar-refractivity contribution >= 4 is 27.6 Å². The van der Waals surface area contributed by atoms with Gasteiger partial charge in [0.15, 0.2) is 0 Å². The molecule has 2 aliphatic heterocycles. The first-order valence-electron chi connectivity index (χ1n) is 13.6. The van der Waals surface area contributed by atoms with Gasteiger partial charge in [0.2, 0.25) is 5.88 Å². The molecule has 2 aliphatic rings. The second kappa shape index (κ2) is 9.49. The second-order valence-corrected chi connectivity index (χ2v) is 10.8. The van der Waals surface area contributed by atoms with Crippen LogP contribution in [0.15, 0.2) is 41.5 Å². The third kappa shape index (κ3) is 4.07. The van der Waals surface area contributed by atoms with Gasteiger partial charge in [-0.2, -0.15) is 0 Å². The molecule has 0 amide bonds. The normalized spacial score (nSPS) is 21.9. The van der Waals surface area contributed by atoms with Gasteiger partial charge in [-0.05, 0) is 52.2 Å². The highest BCUT2D eigenvalue weighted by atomic mass is 16.5. The van der Waals surface area contributed by atoms with E-state index >= 15 is 0 Å². The first kappa shape index (κ1) is 24.0. The van der Waals surface area contributed by atoms with E-state index in [1.807, 2.05) is 29.9 Å². The Morgan fingerprint density at radius 2 is 1.84 bits per heavy atom. The summed E-state index contributed by atoms with van der Waals surface area (Å²) in [4.78, 5) is 24.9. The highest BCUT2D eigenvalue weighted by Crippen LogP contribution is 2.40. The summed E-state index contributed by atoms with van der Waals surface area (Å²) in [6.07, 6.45) is 8.61. The molecular weight excluding hydrogens is 464 g/mol. The molecule has 3 atom stereocenters. The SMILES string of the molecule is C[C@@H]1CCC[C@H](C)N1CCCOc1ccc(-c2ccc3ncc4c5c3c2NC[C@H](C)n5c(=O)n4C)cn1. The maximum Gasteiger partial charge on any atom is 0.329 e. The van der Waals surface area contributed by atoms with Crippen molar-refractivity contribution in [2.45, 2.75) is 64.6 Å². The van der Waals surface area contributed by atoms with Gasteiger partial charge in [0.25, 0.3) is 0 Å². The van der Waals surface area contributed by atoms with Crippen molar-refractivity contribution in [1.82, 2.24) is 24.0 Å². The van der Waals surface area contributed by atoms with Crippen LogP contribution in [-0.2, 0) is 7.05 Å². The van der Waals surface area contributed by atoms with Crippen LogP contribution in [0.1, 0.15) is 52.5 Å². The molecule has 1 fully saturated rings. The zero-order valence-electron chi connectivity index (χ0n) is 22.2. The predicted octanol–water partition coefficient (Wildman–Crippen LogP) is 4.97. The molecule has 0 aliphatic carbocycles. The van der Waals surface area contributed by atoms with E-state index < -0.39 is 0 Å². The van der Waals surface area contributed by atoms with Crippen molar-refractivity contribution in [2.24, 2.45) is 7.05 Å². The fraction of sp³-hybridized carbons (Fsp3) is 0.483. The summed E-state index contributed by atoms with van der Waals surface area (Å²) < 4.78 is 9.59. The fourth-order valence-corrected chi connectivity index (χ4v) is 6.25. The fourth-order valence-electron chi connectivity index (χ4n) is 6.25. The van der Waals surface area contributed by atoms with Crippen LogP contribution in [0, 0.1) is 0 Å². The number of hydrogen-bond acceptors (Lipinski definition) is 6. The number of nitrogens with zero attached hydrogens (tertiary/aromatic N) is 5. The lowest BCUT2D eigenvalue weighted by atomic mass is 9.97. The van der Waals surface area contributed by atoms with Crippen LogP contribution in [0.4, 0.5) is 5.69 Å². The van der Waals surface area contributed by atoms with Gasteiger partial charge in [-0.15, -0.1) is 0 Å². The molecule has 0 radical (unpaired) electrons. The minimum atomic E-state index is -0.00998. The van der Waals surface area contributed by atoms with Gasteiger partial charge in [-0.25, -0.2) is 9.78 Å². The molecule has 8 heteroatoms. The molecular formula is C29H36N6O2. The minimum Gasteiger partial charge on any atom is -0.478 e. The smallest absolute Gasteiger partial charge is 0.329 e. The Bertz CT molecular complexity index is 1500. The largest absolute Gasteiger partial charge is 0.478 e. The van der Waals surface area contributed by atoms with Crippen molar-refractivity contribution in [2.75, 3.05) is 25.0 Å². The average Bonchev–Trinajstić information content (AvgIpc) is 3.05. The van der Waals surface area contributed by atoms with Gasteiger partial charge < -0.3 is 10.1 Å². The Morgan fingerprint density at radius 1 is 1.03 bits per heavy atom. The van der Waals surface area contributed by atoms with Crippen LogP contribution in [0.25, 0.3) is 33.1 Å². The molecule has 194 valence electrons. The van der Waals surface area contributed by atoms with E-state index in [0.717, 1.165) is 51.7 Å². The van der Waals surface area contributed by atoms with E-state index in [0.29, 0.717) is 31.1 Å². The van der Waals surface area contributed by atoms with Crippen molar-refractivity contribution in [3.8, 4) is 17.0 Å². The zero-order valence-corrected chi connectivity index (χ0v) is 22.2. The molecule has 3 aromatic heterocycles. The quantitative estimate of drug-likeness (QED) is 0.377. The van der Waals surface area contributed by atoms with Crippen LogP contribution >= 0.6 is 0 Å². The van der Waals surface area contributed by atoms with Crippen molar-refractivity contribution in [3.63, 3.8) is 0 Å². The molecule has 6 rings (SSSR count). The molecule has 1 aromatic carbocycles. The molecule has 1 N–H and O–H groups in total. The Kier molecular flexibility index (Phi) is 6.15. The van der Waals surface area contributed by atoms with Gasteiger partial charge in [0.1, 0.15) is 0 Å². The third-order valence-corrected chi connectivity index (χ3v) is 8.33. The standard InChI is InChI=1S/C29H36N6O2/c1-18-7-5-8-19(2)34(18)13-6-14-37-25-12-9-21(16-31-25)22-10-11-23-26-27(22)32-15-20(3)35-28(26)24(17-30-23)33(4)29(35)36/h9-12,16-20,32H,5-8,13-15H2,1-4H3/t18-,19+,20-/m0/s1. The van der Waals surface area contributed by atoms with Crippen LogP contribution in [0.5, 0.6) is 5.88 Å². The number of ether oxygens (including phenoxy) is 1. The maximum atomic E-state index is 13.0. The molecule has 1 saturated heterocycles. The van der Waals surface area contributed by atoms with Gasteiger partial charge >= 0.3 is 5.69 Å². The first-order chi connectivity index (χ1) is 17.9.